The average molecular weight is 452 g/mol. The Labute approximate surface area is 167 Å². The van der Waals surface area contributed by atoms with Gasteiger partial charge in [-0.25, -0.2) is 9.37 Å². The van der Waals surface area contributed by atoms with Gasteiger partial charge in [0.2, 0.25) is 0 Å². The van der Waals surface area contributed by atoms with Crippen LogP contribution in [0.1, 0.15) is 0 Å². The van der Waals surface area contributed by atoms with Crippen LogP contribution in [0.25, 0.3) is 11.0 Å². The number of nitrogens with zero attached hydrogens (tertiary/aromatic N) is 2. The second-order valence-corrected chi connectivity index (χ2v) is 14.1. The summed E-state index contributed by atoms with van der Waals surface area (Å²) < 4.78 is 28.4. The zero-order chi connectivity index (χ0) is 19.6. The molecule has 2 heterocycles. The van der Waals surface area contributed by atoms with E-state index in [1.54, 1.807) is 18.3 Å². The lowest BCUT2D eigenvalue weighted by Crippen LogP contribution is -2.22. The van der Waals surface area contributed by atoms with Crippen LogP contribution >= 0.6 is 15.9 Å². The summed E-state index contributed by atoms with van der Waals surface area (Å²) in [7, 11) is -1.13. The third-order valence-corrected chi connectivity index (χ3v) is 6.38. The SMILES string of the molecule is C[Si](C)(C)CCOCn1cc(Br)c2c(Oc3ccc(N)cc3F)ccnc21. The number of fused-ring (bicyclic) bond motifs is 1. The van der Waals surface area contributed by atoms with Gasteiger partial charge in [0.15, 0.2) is 11.6 Å². The van der Waals surface area contributed by atoms with Crippen molar-refractivity contribution in [3.05, 3.63) is 46.9 Å². The van der Waals surface area contributed by atoms with Crippen molar-refractivity contribution in [2.24, 2.45) is 0 Å². The lowest BCUT2D eigenvalue weighted by atomic mass is 10.3. The number of ether oxygens (including phenoxy) is 2. The molecule has 8 heteroatoms. The van der Waals surface area contributed by atoms with Crippen LogP contribution in [0.2, 0.25) is 25.7 Å². The van der Waals surface area contributed by atoms with Crippen molar-refractivity contribution in [3.8, 4) is 11.5 Å². The predicted molar refractivity (Wildman–Crippen MR) is 112 cm³/mol. The number of rotatable bonds is 7. The van der Waals surface area contributed by atoms with Crippen LogP contribution in [0.4, 0.5) is 10.1 Å². The molecular weight excluding hydrogens is 429 g/mol. The first-order valence-electron chi connectivity index (χ1n) is 8.68. The zero-order valence-corrected chi connectivity index (χ0v) is 18.2. The molecular formula is C19H23BrFN3O2Si. The van der Waals surface area contributed by atoms with E-state index < -0.39 is 13.9 Å². The first-order chi connectivity index (χ1) is 12.7. The standard InChI is InChI=1S/C19H23BrFN3O2Si/c1-27(2,3)9-8-25-12-24-11-14(20)18-17(6-7-23-19(18)24)26-16-5-4-13(22)10-15(16)21/h4-7,10-11H,8-9,12,22H2,1-3H3. The number of anilines is 1. The minimum atomic E-state index is -1.13. The molecule has 0 radical (unpaired) electrons. The Balaban J connectivity index is 1.83. The Hall–Kier alpha value is -1.90. The smallest absolute Gasteiger partial charge is 0.167 e. The molecule has 27 heavy (non-hydrogen) atoms. The largest absolute Gasteiger partial charge is 0.453 e. The molecule has 2 aromatic heterocycles. The first-order valence-corrected chi connectivity index (χ1v) is 13.2. The van der Waals surface area contributed by atoms with Crippen molar-refractivity contribution >= 4 is 40.7 Å². The van der Waals surface area contributed by atoms with Gasteiger partial charge in [-0.2, -0.15) is 0 Å². The molecule has 0 aliphatic rings. The Kier molecular flexibility index (Phi) is 5.88. The van der Waals surface area contributed by atoms with Crippen molar-refractivity contribution in [2.45, 2.75) is 32.4 Å². The van der Waals surface area contributed by atoms with Crippen LogP contribution in [0.3, 0.4) is 0 Å². The zero-order valence-electron chi connectivity index (χ0n) is 15.6. The highest BCUT2D eigenvalue weighted by Gasteiger charge is 2.16. The highest BCUT2D eigenvalue weighted by atomic mass is 79.9. The fraction of sp³-hybridized carbons (Fsp3) is 0.316. The number of pyridine rings is 1. The maximum Gasteiger partial charge on any atom is 0.167 e. The molecule has 3 aromatic rings. The van der Waals surface area contributed by atoms with E-state index in [9.17, 15) is 4.39 Å². The molecule has 144 valence electrons. The molecule has 5 nitrogen and oxygen atoms in total. The summed E-state index contributed by atoms with van der Waals surface area (Å²) in [4.78, 5) is 4.44. The van der Waals surface area contributed by atoms with Gasteiger partial charge in [0.05, 0.1) is 5.39 Å². The fourth-order valence-corrected chi connectivity index (χ4v) is 3.96. The van der Waals surface area contributed by atoms with Crippen LogP contribution in [0.5, 0.6) is 11.5 Å². The van der Waals surface area contributed by atoms with Crippen LogP contribution < -0.4 is 10.5 Å². The topological polar surface area (TPSA) is 62.3 Å². The van der Waals surface area contributed by atoms with Crippen LogP contribution in [-0.4, -0.2) is 24.2 Å². The molecule has 0 saturated carbocycles. The molecule has 0 fully saturated rings. The summed E-state index contributed by atoms with van der Waals surface area (Å²) in [6.45, 7) is 8.08. The van der Waals surface area contributed by atoms with Crippen molar-refractivity contribution < 1.29 is 13.9 Å². The van der Waals surface area contributed by atoms with Gasteiger partial charge in [-0.3, -0.25) is 0 Å². The molecule has 0 unspecified atom stereocenters. The van der Waals surface area contributed by atoms with Gasteiger partial charge in [-0.1, -0.05) is 19.6 Å². The number of hydrogen-bond donors (Lipinski definition) is 1. The second kappa shape index (κ2) is 8.00. The number of halogens is 2. The molecule has 0 amide bonds. The normalized spacial score (nSPS) is 11.9. The lowest BCUT2D eigenvalue weighted by molar-refractivity contribution is 0.0898. The number of nitrogen functional groups attached to an aromatic ring is 1. The minimum Gasteiger partial charge on any atom is -0.453 e. The Morgan fingerprint density at radius 1 is 1.22 bits per heavy atom. The number of aromatic nitrogens is 2. The van der Waals surface area contributed by atoms with E-state index >= 15 is 0 Å². The van der Waals surface area contributed by atoms with Gasteiger partial charge < -0.3 is 19.8 Å². The predicted octanol–water partition coefficient (Wildman–Crippen LogP) is 5.62. The molecule has 0 aliphatic carbocycles. The molecule has 1 aromatic carbocycles. The van der Waals surface area contributed by atoms with Gasteiger partial charge in [0, 0.05) is 43.3 Å². The van der Waals surface area contributed by atoms with Gasteiger partial charge in [-0.15, -0.1) is 0 Å². The minimum absolute atomic E-state index is 0.114. The summed E-state index contributed by atoms with van der Waals surface area (Å²) in [6, 6.07) is 7.16. The Bertz CT molecular complexity index is 956. The molecule has 2 N–H and O–H groups in total. The highest BCUT2D eigenvalue weighted by Crippen LogP contribution is 2.36. The molecule has 0 spiro atoms. The van der Waals surface area contributed by atoms with Gasteiger partial charge >= 0.3 is 0 Å². The fourth-order valence-electron chi connectivity index (χ4n) is 2.58. The summed E-state index contributed by atoms with van der Waals surface area (Å²) in [5.74, 6) is 0.115. The van der Waals surface area contributed by atoms with E-state index in [0.29, 0.717) is 23.8 Å². The lowest BCUT2D eigenvalue weighted by Gasteiger charge is -2.15. The molecule has 0 aliphatic heterocycles. The summed E-state index contributed by atoms with van der Waals surface area (Å²) in [5.41, 5.74) is 6.66. The van der Waals surface area contributed by atoms with Gasteiger partial charge in [-0.05, 0) is 40.2 Å². The quantitative estimate of drug-likeness (QED) is 0.287. The Morgan fingerprint density at radius 2 is 2.00 bits per heavy atom. The molecule has 0 bridgehead atoms. The monoisotopic (exact) mass is 451 g/mol. The molecule has 0 atom stereocenters. The third-order valence-electron chi connectivity index (χ3n) is 4.08. The van der Waals surface area contributed by atoms with Crippen molar-refractivity contribution in [1.82, 2.24) is 9.55 Å². The van der Waals surface area contributed by atoms with Crippen LogP contribution in [0.15, 0.2) is 41.1 Å². The first kappa shape index (κ1) is 19.8. The average Bonchev–Trinajstić information content (AvgIpc) is 2.90. The van der Waals surface area contributed by atoms with E-state index in [1.165, 1.54) is 12.1 Å². The van der Waals surface area contributed by atoms with Crippen molar-refractivity contribution in [2.75, 3.05) is 12.3 Å². The van der Waals surface area contributed by atoms with Gasteiger partial charge in [0.25, 0.3) is 0 Å². The summed E-state index contributed by atoms with van der Waals surface area (Å²) >= 11 is 3.55. The van der Waals surface area contributed by atoms with Crippen LogP contribution in [-0.2, 0) is 11.5 Å². The molecule has 0 saturated heterocycles. The number of hydrogen-bond acceptors (Lipinski definition) is 4. The van der Waals surface area contributed by atoms with Crippen molar-refractivity contribution in [1.29, 1.82) is 0 Å². The third kappa shape index (κ3) is 4.88. The van der Waals surface area contributed by atoms with E-state index in [0.717, 1.165) is 22.5 Å². The van der Waals surface area contributed by atoms with E-state index in [4.69, 9.17) is 15.2 Å². The Morgan fingerprint density at radius 3 is 2.70 bits per heavy atom. The van der Waals surface area contributed by atoms with E-state index in [-0.39, 0.29) is 5.75 Å². The van der Waals surface area contributed by atoms with E-state index in [2.05, 4.69) is 40.6 Å². The number of nitrogens with two attached hydrogens (primary N) is 1. The maximum atomic E-state index is 14.1. The van der Waals surface area contributed by atoms with Crippen LogP contribution in [0, 0.1) is 5.82 Å². The highest BCUT2D eigenvalue weighted by molar-refractivity contribution is 9.10. The summed E-state index contributed by atoms with van der Waals surface area (Å²) in [5, 5.41) is 0.766. The van der Waals surface area contributed by atoms with E-state index in [1.807, 2.05) is 10.8 Å². The maximum absolute atomic E-state index is 14.1. The molecule has 3 rings (SSSR count). The van der Waals surface area contributed by atoms with Gasteiger partial charge in [0.1, 0.15) is 18.1 Å². The summed E-state index contributed by atoms with van der Waals surface area (Å²) in [6.07, 6.45) is 3.54. The second-order valence-electron chi connectivity index (χ2n) is 7.59. The van der Waals surface area contributed by atoms with Crippen molar-refractivity contribution in [3.63, 3.8) is 0 Å². The number of benzene rings is 1.